The number of hydrogen-bond donors (Lipinski definition) is 2. The van der Waals surface area contributed by atoms with Crippen LogP contribution in [0.4, 0.5) is 0 Å². The van der Waals surface area contributed by atoms with Crippen LogP contribution in [0.3, 0.4) is 0 Å². The fraction of sp³-hybridized carbons (Fsp3) is 0.692. The third-order valence-corrected chi connectivity index (χ3v) is 3.78. The molecular weight excluding hydrogens is 276 g/mol. The topological polar surface area (TPSA) is 98.8 Å². The molecule has 8 heteroatoms. The van der Waals surface area contributed by atoms with Crippen LogP contribution in [0.15, 0.2) is 0 Å². The zero-order valence-electron chi connectivity index (χ0n) is 12.1. The second-order valence-corrected chi connectivity index (χ2v) is 5.25. The van der Waals surface area contributed by atoms with Gasteiger partial charge in [0.2, 0.25) is 5.91 Å². The number of rotatable bonds is 1. The summed E-state index contributed by atoms with van der Waals surface area (Å²) < 4.78 is 0. The van der Waals surface area contributed by atoms with Gasteiger partial charge in [0.05, 0.1) is 0 Å². The summed E-state index contributed by atoms with van der Waals surface area (Å²) in [6.07, 6.45) is 1.22. The SMILES string of the molecule is CN1C(=O)CCC(NC(=O)C(=O)N2CCCNCC2)C1=O. The van der Waals surface area contributed by atoms with Crippen molar-refractivity contribution < 1.29 is 19.2 Å². The van der Waals surface area contributed by atoms with Gasteiger partial charge in [-0.25, -0.2) is 0 Å². The van der Waals surface area contributed by atoms with Crippen LogP contribution in [0, 0.1) is 0 Å². The van der Waals surface area contributed by atoms with Crippen LogP contribution in [-0.4, -0.2) is 72.7 Å². The van der Waals surface area contributed by atoms with Gasteiger partial charge in [0.25, 0.3) is 5.91 Å². The van der Waals surface area contributed by atoms with E-state index in [1.807, 2.05) is 0 Å². The van der Waals surface area contributed by atoms with Gasteiger partial charge in [0, 0.05) is 33.1 Å². The molecule has 0 aromatic carbocycles. The smallest absolute Gasteiger partial charge is 0.311 e. The second kappa shape index (κ2) is 6.66. The highest BCUT2D eigenvalue weighted by atomic mass is 16.2. The molecule has 1 atom stereocenters. The fourth-order valence-corrected chi connectivity index (χ4v) is 2.46. The summed E-state index contributed by atoms with van der Waals surface area (Å²) >= 11 is 0. The van der Waals surface area contributed by atoms with E-state index in [1.165, 1.54) is 11.9 Å². The summed E-state index contributed by atoms with van der Waals surface area (Å²) in [7, 11) is 1.38. The molecule has 0 aromatic heterocycles. The highest BCUT2D eigenvalue weighted by molar-refractivity contribution is 6.35. The molecule has 21 heavy (non-hydrogen) atoms. The quantitative estimate of drug-likeness (QED) is 0.434. The molecule has 2 rings (SSSR count). The van der Waals surface area contributed by atoms with Gasteiger partial charge in [0.15, 0.2) is 0 Å². The summed E-state index contributed by atoms with van der Waals surface area (Å²) in [6, 6.07) is -0.797. The predicted octanol–water partition coefficient (Wildman–Crippen LogP) is -1.93. The summed E-state index contributed by atoms with van der Waals surface area (Å²) in [5.41, 5.74) is 0. The van der Waals surface area contributed by atoms with Crippen molar-refractivity contribution in [1.82, 2.24) is 20.4 Å². The maximum Gasteiger partial charge on any atom is 0.311 e. The minimum absolute atomic E-state index is 0.189. The molecule has 0 aromatic rings. The first-order valence-corrected chi connectivity index (χ1v) is 7.11. The Balaban J connectivity index is 1.92. The van der Waals surface area contributed by atoms with E-state index < -0.39 is 23.8 Å². The Morgan fingerprint density at radius 3 is 2.76 bits per heavy atom. The highest BCUT2D eigenvalue weighted by Crippen LogP contribution is 2.11. The lowest BCUT2D eigenvalue weighted by molar-refractivity contribution is -0.151. The molecule has 116 valence electrons. The van der Waals surface area contributed by atoms with E-state index in [-0.39, 0.29) is 18.7 Å². The van der Waals surface area contributed by atoms with Crippen LogP contribution in [-0.2, 0) is 19.2 Å². The van der Waals surface area contributed by atoms with Crippen LogP contribution in [0.5, 0.6) is 0 Å². The van der Waals surface area contributed by atoms with Gasteiger partial charge in [-0.2, -0.15) is 0 Å². The minimum Gasteiger partial charge on any atom is -0.336 e. The Bertz CT molecular complexity index is 457. The molecule has 2 saturated heterocycles. The molecule has 0 spiro atoms. The number of carbonyl (C=O) groups is 4. The molecule has 2 aliphatic rings. The maximum atomic E-state index is 12.1. The van der Waals surface area contributed by atoms with Crippen molar-refractivity contribution in [2.24, 2.45) is 0 Å². The third-order valence-electron chi connectivity index (χ3n) is 3.78. The van der Waals surface area contributed by atoms with E-state index in [4.69, 9.17) is 0 Å². The van der Waals surface area contributed by atoms with E-state index in [9.17, 15) is 19.2 Å². The lowest BCUT2D eigenvalue weighted by Gasteiger charge is -2.28. The van der Waals surface area contributed by atoms with E-state index in [1.54, 1.807) is 0 Å². The Morgan fingerprint density at radius 2 is 2.00 bits per heavy atom. The van der Waals surface area contributed by atoms with Crippen molar-refractivity contribution in [2.75, 3.05) is 33.2 Å². The highest BCUT2D eigenvalue weighted by Gasteiger charge is 2.34. The number of piperidine rings is 1. The van der Waals surface area contributed by atoms with Crippen molar-refractivity contribution in [1.29, 1.82) is 0 Å². The first kappa shape index (κ1) is 15.4. The molecular formula is C13H20N4O4. The lowest BCUT2D eigenvalue weighted by atomic mass is 10.0. The van der Waals surface area contributed by atoms with Gasteiger partial charge in [-0.3, -0.25) is 24.1 Å². The van der Waals surface area contributed by atoms with Crippen LogP contribution in [0.2, 0.25) is 0 Å². The average molecular weight is 296 g/mol. The third kappa shape index (κ3) is 3.57. The summed E-state index contributed by atoms with van der Waals surface area (Å²) in [4.78, 5) is 49.8. The zero-order valence-corrected chi connectivity index (χ0v) is 12.1. The van der Waals surface area contributed by atoms with E-state index >= 15 is 0 Å². The first-order valence-electron chi connectivity index (χ1n) is 7.11. The zero-order chi connectivity index (χ0) is 15.4. The van der Waals surface area contributed by atoms with Crippen LogP contribution >= 0.6 is 0 Å². The normalized spacial score (nSPS) is 23.8. The van der Waals surface area contributed by atoms with Gasteiger partial charge < -0.3 is 15.5 Å². The molecule has 2 aliphatic heterocycles. The molecule has 0 bridgehead atoms. The van der Waals surface area contributed by atoms with E-state index in [0.29, 0.717) is 19.6 Å². The number of nitrogens with one attached hydrogen (secondary N) is 2. The van der Waals surface area contributed by atoms with Gasteiger partial charge >= 0.3 is 11.8 Å². The van der Waals surface area contributed by atoms with E-state index in [2.05, 4.69) is 10.6 Å². The number of nitrogens with zero attached hydrogens (tertiary/aromatic N) is 2. The number of likely N-dealkylation sites (N-methyl/N-ethyl adjacent to an activating group) is 1. The molecule has 0 radical (unpaired) electrons. The average Bonchev–Trinajstić information content (AvgIpc) is 2.76. The minimum atomic E-state index is -0.797. The Kier molecular flexibility index (Phi) is 4.89. The molecule has 2 heterocycles. The lowest BCUT2D eigenvalue weighted by Crippen LogP contribution is -2.55. The van der Waals surface area contributed by atoms with Gasteiger partial charge in [-0.15, -0.1) is 0 Å². The molecule has 0 aliphatic carbocycles. The van der Waals surface area contributed by atoms with Crippen LogP contribution < -0.4 is 10.6 Å². The van der Waals surface area contributed by atoms with Crippen LogP contribution in [0.25, 0.3) is 0 Å². The van der Waals surface area contributed by atoms with Crippen molar-refractivity contribution in [2.45, 2.75) is 25.3 Å². The van der Waals surface area contributed by atoms with E-state index in [0.717, 1.165) is 17.9 Å². The summed E-state index contributed by atoms with van der Waals surface area (Å²) in [6.45, 7) is 2.47. The molecule has 1 unspecified atom stereocenters. The van der Waals surface area contributed by atoms with Gasteiger partial charge in [0.1, 0.15) is 6.04 Å². The Hall–Kier alpha value is -1.96. The standard InChI is InChI=1S/C13H20N4O4/c1-16-10(18)4-3-9(12(16)20)15-11(19)13(21)17-7-2-5-14-6-8-17/h9,14H,2-8H2,1H3,(H,15,19). The largest absolute Gasteiger partial charge is 0.336 e. The number of imide groups is 1. The molecule has 4 amide bonds. The van der Waals surface area contributed by atoms with Crippen molar-refractivity contribution >= 4 is 23.6 Å². The summed E-state index contributed by atoms with van der Waals surface area (Å²) in [5.74, 6) is -2.13. The van der Waals surface area contributed by atoms with Crippen LogP contribution in [0.1, 0.15) is 19.3 Å². The number of amides is 4. The second-order valence-electron chi connectivity index (χ2n) is 5.25. The molecule has 8 nitrogen and oxygen atoms in total. The van der Waals surface area contributed by atoms with Crippen molar-refractivity contribution in [3.63, 3.8) is 0 Å². The van der Waals surface area contributed by atoms with Crippen molar-refractivity contribution in [3.8, 4) is 0 Å². The fourth-order valence-electron chi connectivity index (χ4n) is 2.46. The molecule has 2 fully saturated rings. The first-order chi connectivity index (χ1) is 10.0. The predicted molar refractivity (Wildman–Crippen MR) is 73.0 cm³/mol. The van der Waals surface area contributed by atoms with Gasteiger partial charge in [-0.1, -0.05) is 0 Å². The molecule has 0 saturated carbocycles. The molecule has 2 N–H and O–H groups in total. The number of carbonyl (C=O) groups excluding carboxylic acids is 4. The Labute approximate surface area is 122 Å². The maximum absolute atomic E-state index is 12.1. The number of hydrogen-bond acceptors (Lipinski definition) is 5. The van der Waals surface area contributed by atoms with Crippen molar-refractivity contribution in [3.05, 3.63) is 0 Å². The van der Waals surface area contributed by atoms with Gasteiger partial charge in [-0.05, 0) is 19.4 Å². The summed E-state index contributed by atoms with van der Waals surface area (Å²) in [5, 5.41) is 5.59. The number of likely N-dealkylation sites (tertiary alicyclic amines) is 1. The monoisotopic (exact) mass is 296 g/mol. The Morgan fingerprint density at radius 1 is 1.24 bits per heavy atom.